The van der Waals surface area contributed by atoms with Crippen LogP contribution in [0.15, 0.2) is 0 Å². The van der Waals surface area contributed by atoms with Gasteiger partial charge < -0.3 is 14.9 Å². The molecule has 1 fully saturated rings. The van der Waals surface area contributed by atoms with E-state index < -0.39 is 28.4 Å². The summed E-state index contributed by atoms with van der Waals surface area (Å²) >= 11 is 0. The van der Waals surface area contributed by atoms with Crippen molar-refractivity contribution in [1.29, 1.82) is 0 Å². The van der Waals surface area contributed by atoms with E-state index in [1.807, 2.05) is 0 Å². The average Bonchev–Trinajstić information content (AvgIpc) is 2.53. The molecular formula is C10H18N2O5S. The molecule has 0 spiro atoms. The Kier molecular flexibility index (Phi) is 4.69. The Bertz CT molecular complexity index is 432. The summed E-state index contributed by atoms with van der Waals surface area (Å²) in [4.78, 5) is 25.5. The van der Waals surface area contributed by atoms with Crippen LogP contribution in [0.25, 0.3) is 0 Å². The monoisotopic (exact) mass is 278 g/mol. The van der Waals surface area contributed by atoms with E-state index in [9.17, 15) is 18.0 Å². The molecule has 18 heavy (non-hydrogen) atoms. The van der Waals surface area contributed by atoms with Crippen molar-refractivity contribution in [3.8, 4) is 0 Å². The lowest BCUT2D eigenvalue weighted by atomic mass is 10.2. The highest BCUT2D eigenvalue weighted by atomic mass is 32.2. The molecule has 0 radical (unpaired) electrons. The van der Waals surface area contributed by atoms with Gasteiger partial charge in [-0.05, 0) is 20.5 Å². The largest absolute Gasteiger partial charge is 0.480 e. The quantitative estimate of drug-likeness (QED) is 0.668. The van der Waals surface area contributed by atoms with Crippen molar-refractivity contribution in [2.45, 2.75) is 12.5 Å². The van der Waals surface area contributed by atoms with E-state index in [4.69, 9.17) is 5.11 Å². The van der Waals surface area contributed by atoms with Crippen LogP contribution in [0.3, 0.4) is 0 Å². The van der Waals surface area contributed by atoms with E-state index in [1.165, 1.54) is 0 Å². The van der Waals surface area contributed by atoms with E-state index >= 15 is 0 Å². The molecule has 0 bridgehead atoms. The number of carbonyl (C=O) groups excluding carboxylic acids is 1. The molecule has 0 aliphatic carbocycles. The molecule has 104 valence electrons. The molecule has 1 rings (SSSR count). The van der Waals surface area contributed by atoms with E-state index in [-0.39, 0.29) is 24.0 Å². The third-order valence-electron chi connectivity index (χ3n) is 2.73. The van der Waals surface area contributed by atoms with Crippen LogP contribution in [0.5, 0.6) is 0 Å². The maximum atomic E-state index is 11.9. The van der Waals surface area contributed by atoms with Crippen molar-refractivity contribution in [2.75, 3.05) is 38.7 Å². The predicted octanol–water partition coefficient (Wildman–Crippen LogP) is -1.35. The maximum Gasteiger partial charge on any atom is 0.323 e. The van der Waals surface area contributed by atoms with E-state index in [0.29, 0.717) is 6.42 Å². The van der Waals surface area contributed by atoms with E-state index in [2.05, 4.69) is 0 Å². The molecule has 0 aromatic heterocycles. The van der Waals surface area contributed by atoms with E-state index in [1.54, 1.807) is 19.0 Å². The smallest absolute Gasteiger partial charge is 0.323 e. The molecule has 1 saturated heterocycles. The summed E-state index contributed by atoms with van der Waals surface area (Å²) in [6.07, 6.45) is 0.314. The second-order valence-electron chi connectivity index (χ2n) is 4.71. The van der Waals surface area contributed by atoms with Gasteiger partial charge in [0, 0.05) is 6.04 Å². The third kappa shape index (κ3) is 4.26. The molecule has 1 heterocycles. The van der Waals surface area contributed by atoms with Crippen LogP contribution in [0.4, 0.5) is 0 Å². The minimum Gasteiger partial charge on any atom is -0.480 e. The lowest BCUT2D eigenvalue weighted by Crippen LogP contribution is -2.47. The van der Waals surface area contributed by atoms with Gasteiger partial charge in [0.15, 0.2) is 9.84 Å². The van der Waals surface area contributed by atoms with Crippen LogP contribution < -0.4 is 0 Å². The summed E-state index contributed by atoms with van der Waals surface area (Å²) in [5.74, 6) is -1.61. The Morgan fingerprint density at radius 1 is 1.28 bits per heavy atom. The van der Waals surface area contributed by atoms with Gasteiger partial charge in [0.2, 0.25) is 5.91 Å². The van der Waals surface area contributed by atoms with Crippen LogP contribution in [0.2, 0.25) is 0 Å². The fourth-order valence-corrected chi connectivity index (χ4v) is 3.68. The SMILES string of the molecule is CN(C)CC(=O)N(CC(=O)O)C1CCS(=O)(=O)C1. The Morgan fingerprint density at radius 3 is 2.28 bits per heavy atom. The number of hydrogen-bond acceptors (Lipinski definition) is 5. The highest BCUT2D eigenvalue weighted by molar-refractivity contribution is 7.91. The lowest BCUT2D eigenvalue weighted by Gasteiger charge is -2.27. The molecule has 1 N–H and O–H groups in total. The van der Waals surface area contributed by atoms with Gasteiger partial charge >= 0.3 is 5.97 Å². The highest BCUT2D eigenvalue weighted by Gasteiger charge is 2.35. The minimum absolute atomic E-state index is 0.0169. The first-order valence-electron chi connectivity index (χ1n) is 5.57. The third-order valence-corrected chi connectivity index (χ3v) is 4.48. The number of likely N-dealkylation sites (N-methyl/N-ethyl adjacent to an activating group) is 1. The number of hydrogen-bond donors (Lipinski definition) is 1. The molecule has 1 aliphatic heterocycles. The summed E-state index contributed by atoms with van der Waals surface area (Å²) < 4.78 is 22.8. The zero-order chi connectivity index (χ0) is 13.9. The molecule has 8 heteroatoms. The number of carboxylic acid groups (broad SMARTS) is 1. The number of aliphatic carboxylic acids is 1. The molecule has 0 aromatic carbocycles. The van der Waals surface area contributed by atoms with Crippen molar-refractivity contribution in [3.05, 3.63) is 0 Å². The number of carboxylic acids is 1. The number of amides is 1. The summed E-state index contributed by atoms with van der Waals surface area (Å²) in [6, 6.07) is -0.515. The Labute approximate surface area is 106 Å². The van der Waals surface area contributed by atoms with Crippen LogP contribution in [0, 0.1) is 0 Å². The second-order valence-corrected chi connectivity index (χ2v) is 6.94. The van der Waals surface area contributed by atoms with Crippen molar-refractivity contribution in [3.63, 3.8) is 0 Å². The fourth-order valence-electron chi connectivity index (χ4n) is 1.95. The first kappa shape index (κ1) is 14.9. The molecule has 1 amide bonds. The molecule has 1 atom stereocenters. The molecule has 0 aromatic rings. The van der Waals surface area contributed by atoms with Gasteiger partial charge in [-0.15, -0.1) is 0 Å². The highest BCUT2D eigenvalue weighted by Crippen LogP contribution is 2.17. The van der Waals surface area contributed by atoms with Crippen molar-refractivity contribution in [2.24, 2.45) is 0 Å². The summed E-state index contributed by atoms with van der Waals surface area (Å²) in [5.41, 5.74) is 0. The molecule has 7 nitrogen and oxygen atoms in total. The van der Waals surface area contributed by atoms with Gasteiger partial charge in [-0.25, -0.2) is 8.42 Å². The molecule has 1 aliphatic rings. The fraction of sp³-hybridized carbons (Fsp3) is 0.800. The van der Waals surface area contributed by atoms with Gasteiger partial charge in [0.25, 0.3) is 0 Å². The van der Waals surface area contributed by atoms with Crippen molar-refractivity contribution in [1.82, 2.24) is 9.80 Å². The summed E-state index contributed by atoms with van der Waals surface area (Å²) in [5, 5.41) is 8.80. The van der Waals surface area contributed by atoms with Crippen LogP contribution in [0.1, 0.15) is 6.42 Å². The van der Waals surface area contributed by atoms with Crippen molar-refractivity contribution < 1.29 is 23.1 Å². The number of rotatable bonds is 5. The van der Waals surface area contributed by atoms with Gasteiger partial charge in [0.05, 0.1) is 18.1 Å². The normalized spacial score (nSPS) is 22.1. The second kappa shape index (κ2) is 5.66. The number of sulfone groups is 1. The lowest BCUT2D eigenvalue weighted by molar-refractivity contribution is -0.146. The Balaban J connectivity index is 2.79. The first-order chi connectivity index (χ1) is 8.21. The molecule has 0 saturated carbocycles. The summed E-state index contributed by atoms with van der Waals surface area (Å²) in [6.45, 7) is -0.378. The Hall–Kier alpha value is -1.15. The summed E-state index contributed by atoms with van der Waals surface area (Å²) in [7, 11) is 0.255. The topological polar surface area (TPSA) is 95.0 Å². The van der Waals surface area contributed by atoms with Gasteiger partial charge in [-0.2, -0.15) is 0 Å². The van der Waals surface area contributed by atoms with Crippen LogP contribution in [-0.2, 0) is 19.4 Å². The Morgan fingerprint density at radius 2 is 1.89 bits per heavy atom. The first-order valence-corrected chi connectivity index (χ1v) is 7.40. The predicted molar refractivity (Wildman–Crippen MR) is 65.0 cm³/mol. The van der Waals surface area contributed by atoms with E-state index in [0.717, 1.165) is 4.90 Å². The standard InChI is InChI=1S/C10H18N2O5S/c1-11(2)5-9(13)12(6-10(14)15)8-3-4-18(16,17)7-8/h8H,3-7H2,1-2H3,(H,14,15). The minimum atomic E-state index is -3.14. The molecular weight excluding hydrogens is 260 g/mol. The van der Waals surface area contributed by atoms with Crippen molar-refractivity contribution >= 4 is 21.7 Å². The van der Waals surface area contributed by atoms with Gasteiger partial charge in [-0.1, -0.05) is 0 Å². The zero-order valence-electron chi connectivity index (χ0n) is 10.5. The average molecular weight is 278 g/mol. The molecule has 1 unspecified atom stereocenters. The number of nitrogens with zero attached hydrogens (tertiary/aromatic N) is 2. The number of carbonyl (C=O) groups is 2. The maximum absolute atomic E-state index is 11.9. The zero-order valence-corrected chi connectivity index (χ0v) is 11.3. The van der Waals surface area contributed by atoms with Crippen LogP contribution >= 0.6 is 0 Å². The van der Waals surface area contributed by atoms with Gasteiger partial charge in [-0.3, -0.25) is 9.59 Å². The van der Waals surface area contributed by atoms with Crippen LogP contribution in [-0.4, -0.2) is 79.9 Å². The van der Waals surface area contributed by atoms with Gasteiger partial charge in [0.1, 0.15) is 6.54 Å².